The first kappa shape index (κ1) is 13.2. The van der Waals surface area contributed by atoms with Crippen LogP contribution in [-0.2, 0) is 0 Å². The van der Waals surface area contributed by atoms with Gasteiger partial charge in [-0.05, 0) is 37.0 Å². The van der Waals surface area contributed by atoms with Crippen molar-refractivity contribution in [3.63, 3.8) is 0 Å². The molecule has 0 heterocycles. The summed E-state index contributed by atoms with van der Waals surface area (Å²) in [5, 5.41) is 3.38. The minimum absolute atomic E-state index is 0.106. The van der Waals surface area contributed by atoms with Crippen LogP contribution < -0.4 is 11.1 Å². The van der Waals surface area contributed by atoms with Crippen molar-refractivity contribution in [2.24, 2.45) is 5.92 Å². The van der Waals surface area contributed by atoms with Gasteiger partial charge in [-0.15, -0.1) is 0 Å². The minimum Gasteiger partial charge on any atom is -0.399 e. The molecule has 1 aromatic rings. The van der Waals surface area contributed by atoms with E-state index in [1.54, 1.807) is 18.2 Å². The van der Waals surface area contributed by atoms with Crippen LogP contribution in [0.3, 0.4) is 0 Å². The third-order valence-corrected chi connectivity index (χ3v) is 3.83. The number of carbonyl (C=O) groups excluding carboxylic acids is 1. The van der Waals surface area contributed by atoms with Gasteiger partial charge in [0.05, 0.1) is 10.6 Å². The predicted octanol–water partition coefficient (Wildman–Crippen LogP) is 3.23. The van der Waals surface area contributed by atoms with Crippen molar-refractivity contribution in [3.05, 3.63) is 28.8 Å². The van der Waals surface area contributed by atoms with Gasteiger partial charge in [0, 0.05) is 12.2 Å². The maximum absolute atomic E-state index is 12.0. The number of amides is 1. The Labute approximate surface area is 113 Å². The molecule has 0 saturated heterocycles. The molecule has 1 amide bonds. The van der Waals surface area contributed by atoms with Gasteiger partial charge in [-0.2, -0.15) is 0 Å². The van der Waals surface area contributed by atoms with E-state index in [1.165, 1.54) is 32.1 Å². The van der Waals surface area contributed by atoms with E-state index in [-0.39, 0.29) is 5.91 Å². The first-order valence-corrected chi connectivity index (χ1v) is 6.88. The minimum atomic E-state index is -0.106. The van der Waals surface area contributed by atoms with Crippen molar-refractivity contribution < 1.29 is 4.79 Å². The number of rotatable bonds is 3. The highest BCUT2D eigenvalue weighted by molar-refractivity contribution is 6.34. The van der Waals surface area contributed by atoms with Gasteiger partial charge < -0.3 is 11.1 Å². The summed E-state index contributed by atoms with van der Waals surface area (Å²) in [5.74, 6) is 0.515. The highest BCUT2D eigenvalue weighted by Crippen LogP contribution is 2.23. The molecule has 0 radical (unpaired) electrons. The molecule has 0 aromatic heterocycles. The van der Waals surface area contributed by atoms with E-state index in [4.69, 9.17) is 17.3 Å². The first-order valence-electron chi connectivity index (χ1n) is 6.50. The number of benzene rings is 1. The fraction of sp³-hybridized carbons (Fsp3) is 0.500. The number of hydrogen-bond acceptors (Lipinski definition) is 2. The Hall–Kier alpha value is -1.22. The zero-order chi connectivity index (χ0) is 13.0. The lowest BCUT2D eigenvalue weighted by Gasteiger charge is -2.21. The standard InChI is InChI=1S/C14H19ClN2O/c15-13-8-11(16)6-7-12(13)14(18)17-9-10-4-2-1-3-5-10/h6-8,10H,1-5,9,16H2,(H,17,18). The third kappa shape index (κ3) is 3.39. The molecule has 1 aliphatic carbocycles. The Morgan fingerprint density at radius 2 is 2.06 bits per heavy atom. The van der Waals surface area contributed by atoms with Crippen LogP contribution in [0.2, 0.25) is 5.02 Å². The molecule has 3 nitrogen and oxygen atoms in total. The molecule has 2 rings (SSSR count). The lowest BCUT2D eigenvalue weighted by atomic mass is 9.89. The Kier molecular flexibility index (Phi) is 4.48. The van der Waals surface area contributed by atoms with Crippen LogP contribution >= 0.6 is 11.6 Å². The smallest absolute Gasteiger partial charge is 0.252 e. The number of carbonyl (C=O) groups is 1. The van der Waals surface area contributed by atoms with Gasteiger partial charge in [0.25, 0.3) is 5.91 Å². The molecule has 1 saturated carbocycles. The number of hydrogen-bond donors (Lipinski definition) is 2. The second-order valence-electron chi connectivity index (χ2n) is 4.95. The van der Waals surface area contributed by atoms with E-state index in [9.17, 15) is 4.79 Å². The molecule has 0 atom stereocenters. The number of anilines is 1. The molecule has 0 aliphatic heterocycles. The highest BCUT2D eigenvalue weighted by Gasteiger charge is 2.16. The second kappa shape index (κ2) is 6.10. The molecule has 1 fully saturated rings. The lowest BCUT2D eigenvalue weighted by molar-refractivity contribution is 0.0944. The lowest BCUT2D eigenvalue weighted by Crippen LogP contribution is -2.30. The monoisotopic (exact) mass is 266 g/mol. The van der Waals surface area contributed by atoms with E-state index in [0.717, 1.165) is 6.54 Å². The summed E-state index contributed by atoms with van der Waals surface area (Å²) in [6.07, 6.45) is 6.33. The van der Waals surface area contributed by atoms with Crippen LogP contribution in [0, 0.1) is 5.92 Å². The van der Waals surface area contributed by atoms with Crippen LogP contribution in [0.25, 0.3) is 0 Å². The topological polar surface area (TPSA) is 55.1 Å². The van der Waals surface area contributed by atoms with E-state index >= 15 is 0 Å². The summed E-state index contributed by atoms with van der Waals surface area (Å²) in [5.41, 5.74) is 6.68. The summed E-state index contributed by atoms with van der Waals surface area (Å²) in [4.78, 5) is 12.0. The van der Waals surface area contributed by atoms with Gasteiger partial charge in [0.2, 0.25) is 0 Å². The van der Waals surface area contributed by atoms with E-state index in [1.807, 2.05) is 0 Å². The van der Waals surface area contributed by atoms with Crippen molar-refractivity contribution in [3.8, 4) is 0 Å². The molecule has 4 heteroatoms. The maximum Gasteiger partial charge on any atom is 0.252 e. The van der Waals surface area contributed by atoms with Gasteiger partial charge in [0.1, 0.15) is 0 Å². The zero-order valence-corrected chi connectivity index (χ0v) is 11.2. The first-order chi connectivity index (χ1) is 8.66. The summed E-state index contributed by atoms with van der Waals surface area (Å²) >= 11 is 6.01. The second-order valence-corrected chi connectivity index (χ2v) is 5.36. The normalized spacial score (nSPS) is 16.5. The number of nitrogens with two attached hydrogens (primary N) is 1. The predicted molar refractivity (Wildman–Crippen MR) is 74.8 cm³/mol. The van der Waals surface area contributed by atoms with Gasteiger partial charge in [-0.1, -0.05) is 30.9 Å². The summed E-state index contributed by atoms with van der Waals surface area (Å²) in [6, 6.07) is 4.98. The van der Waals surface area contributed by atoms with Crippen molar-refractivity contribution in [1.82, 2.24) is 5.32 Å². The van der Waals surface area contributed by atoms with Gasteiger partial charge >= 0.3 is 0 Å². The molecular formula is C14H19ClN2O. The number of nitrogens with one attached hydrogen (secondary N) is 1. The van der Waals surface area contributed by atoms with Crippen LogP contribution in [0.1, 0.15) is 42.5 Å². The third-order valence-electron chi connectivity index (χ3n) is 3.51. The van der Waals surface area contributed by atoms with Crippen LogP contribution in [0.15, 0.2) is 18.2 Å². The average molecular weight is 267 g/mol. The number of nitrogen functional groups attached to an aromatic ring is 1. The average Bonchev–Trinajstić information content (AvgIpc) is 2.37. The van der Waals surface area contributed by atoms with Gasteiger partial charge in [-0.3, -0.25) is 4.79 Å². The van der Waals surface area contributed by atoms with Gasteiger partial charge in [0.15, 0.2) is 0 Å². The van der Waals surface area contributed by atoms with E-state index < -0.39 is 0 Å². The molecule has 1 aromatic carbocycles. The molecule has 0 bridgehead atoms. The fourth-order valence-electron chi connectivity index (χ4n) is 2.44. The van der Waals surface area contributed by atoms with Crippen LogP contribution in [0.5, 0.6) is 0 Å². The molecule has 98 valence electrons. The Balaban J connectivity index is 1.90. The van der Waals surface area contributed by atoms with E-state index in [0.29, 0.717) is 22.2 Å². The van der Waals surface area contributed by atoms with Crippen molar-refractivity contribution in [1.29, 1.82) is 0 Å². The quantitative estimate of drug-likeness (QED) is 0.826. The SMILES string of the molecule is Nc1ccc(C(=O)NCC2CCCCC2)c(Cl)c1. The van der Waals surface area contributed by atoms with Crippen LogP contribution in [-0.4, -0.2) is 12.5 Å². The van der Waals surface area contributed by atoms with Crippen molar-refractivity contribution in [2.45, 2.75) is 32.1 Å². The molecule has 1 aliphatic rings. The molecule has 0 unspecified atom stereocenters. The maximum atomic E-state index is 12.0. The fourth-order valence-corrected chi connectivity index (χ4v) is 2.71. The molecular weight excluding hydrogens is 248 g/mol. The van der Waals surface area contributed by atoms with Crippen molar-refractivity contribution in [2.75, 3.05) is 12.3 Å². The largest absolute Gasteiger partial charge is 0.399 e. The van der Waals surface area contributed by atoms with Crippen LogP contribution in [0.4, 0.5) is 5.69 Å². The number of halogens is 1. The molecule has 18 heavy (non-hydrogen) atoms. The zero-order valence-electron chi connectivity index (χ0n) is 10.4. The summed E-state index contributed by atoms with van der Waals surface area (Å²) in [6.45, 7) is 0.750. The van der Waals surface area contributed by atoms with Gasteiger partial charge in [-0.25, -0.2) is 0 Å². The summed E-state index contributed by atoms with van der Waals surface area (Å²) < 4.78 is 0. The highest BCUT2D eigenvalue weighted by atomic mass is 35.5. The summed E-state index contributed by atoms with van der Waals surface area (Å²) in [7, 11) is 0. The molecule has 3 N–H and O–H groups in total. The molecule has 0 spiro atoms. The van der Waals surface area contributed by atoms with E-state index in [2.05, 4.69) is 5.32 Å². The van der Waals surface area contributed by atoms with Crippen molar-refractivity contribution >= 4 is 23.2 Å². The Morgan fingerprint density at radius 1 is 1.33 bits per heavy atom. The Morgan fingerprint density at radius 3 is 2.72 bits per heavy atom. The Bertz CT molecular complexity index is 428.